The highest BCUT2D eigenvalue weighted by atomic mass is 16.5. The lowest BCUT2D eigenvalue weighted by Crippen LogP contribution is -2.47. The molecule has 0 spiro atoms. The first kappa shape index (κ1) is 17.3. The van der Waals surface area contributed by atoms with Crippen molar-refractivity contribution < 1.29 is 19.4 Å². The second kappa shape index (κ2) is 7.99. The Bertz CT molecular complexity index is 570. The van der Waals surface area contributed by atoms with E-state index < -0.39 is 12.0 Å². The van der Waals surface area contributed by atoms with Crippen LogP contribution in [0.15, 0.2) is 18.2 Å². The van der Waals surface area contributed by atoms with Crippen molar-refractivity contribution in [2.24, 2.45) is 0 Å². The van der Waals surface area contributed by atoms with Crippen molar-refractivity contribution in [3.63, 3.8) is 0 Å². The Hall–Kier alpha value is -2.04. The molecule has 1 fully saturated rings. The lowest BCUT2D eigenvalue weighted by Gasteiger charge is -2.33. The van der Waals surface area contributed by atoms with Crippen LogP contribution in [-0.4, -0.2) is 41.1 Å². The maximum atomic E-state index is 12.2. The Morgan fingerprint density at radius 2 is 2.04 bits per heavy atom. The highest BCUT2D eigenvalue weighted by Gasteiger charge is 2.31. The summed E-state index contributed by atoms with van der Waals surface area (Å²) >= 11 is 0. The van der Waals surface area contributed by atoms with E-state index in [0.29, 0.717) is 32.4 Å². The van der Waals surface area contributed by atoms with Crippen LogP contribution in [0.5, 0.6) is 5.75 Å². The van der Waals surface area contributed by atoms with Gasteiger partial charge in [-0.05, 0) is 62.8 Å². The largest absolute Gasteiger partial charge is 0.494 e. The van der Waals surface area contributed by atoms with Crippen LogP contribution in [0.2, 0.25) is 0 Å². The van der Waals surface area contributed by atoms with Crippen LogP contribution in [0.1, 0.15) is 43.2 Å². The molecular formula is C18H25NO4. The molecule has 0 aromatic heterocycles. The van der Waals surface area contributed by atoms with E-state index in [2.05, 4.69) is 6.92 Å². The first-order chi connectivity index (χ1) is 11.0. The van der Waals surface area contributed by atoms with Crippen LogP contribution in [0.4, 0.5) is 0 Å². The maximum Gasteiger partial charge on any atom is 0.326 e. The van der Waals surface area contributed by atoms with Gasteiger partial charge in [0.2, 0.25) is 5.91 Å². The second-order valence-electron chi connectivity index (χ2n) is 6.14. The number of piperidine rings is 1. The molecule has 1 aromatic rings. The third-order valence-electron chi connectivity index (χ3n) is 4.39. The zero-order valence-corrected chi connectivity index (χ0v) is 13.9. The van der Waals surface area contributed by atoms with Gasteiger partial charge < -0.3 is 14.7 Å². The molecule has 2 rings (SSSR count). The third kappa shape index (κ3) is 4.71. The fourth-order valence-corrected chi connectivity index (χ4v) is 2.85. The number of aryl methyl sites for hydroxylation is 2. The first-order valence-corrected chi connectivity index (χ1v) is 8.21. The van der Waals surface area contributed by atoms with E-state index in [1.54, 1.807) is 0 Å². The molecule has 1 saturated heterocycles. The molecule has 1 amide bonds. The Morgan fingerprint density at radius 3 is 2.74 bits per heavy atom. The van der Waals surface area contributed by atoms with E-state index in [1.807, 2.05) is 25.1 Å². The minimum Gasteiger partial charge on any atom is -0.494 e. The summed E-state index contributed by atoms with van der Waals surface area (Å²) in [7, 11) is 0. The van der Waals surface area contributed by atoms with Crippen molar-refractivity contribution >= 4 is 11.9 Å². The van der Waals surface area contributed by atoms with Gasteiger partial charge in [0.05, 0.1) is 6.61 Å². The summed E-state index contributed by atoms with van der Waals surface area (Å²) in [6.45, 7) is 5.09. The third-order valence-corrected chi connectivity index (χ3v) is 4.39. The molecular weight excluding hydrogens is 294 g/mol. The quantitative estimate of drug-likeness (QED) is 0.819. The molecule has 0 unspecified atom stereocenters. The minimum absolute atomic E-state index is 0.0826. The molecule has 23 heavy (non-hydrogen) atoms. The molecule has 1 N–H and O–H groups in total. The predicted octanol–water partition coefficient (Wildman–Crippen LogP) is 2.93. The Morgan fingerprint density at radius 1 is 1.26 bits per heavy atom. The van der Waals surface area contributed by atoms with E-state index in [-0.39, 0.29) is 5.91 Å². The van der Waals surface area contributed by atoms with Crippen molar-refractivity contribution in [3.8, 4) is 5.75 Å². The van der Waals surface area contributed by atoms with Gasteiger partial charge in [-0.25, -0.2) is 4.79 Å². The number of nitrogens with zero attached hydrogens (tertiary/aromatic N) is 1. The van der Waals surface area contributed by atoms with Gasteiger partial charge in [-0.2, -0.15) is 0 Å². The molecule has 126 valence electrons. The van der Waals surface area contributed by atoms with Crippen molar-refractivity contribution in [1.82, 2.24) is 4.90 Å². The average Bonchev–Trinajstić information content (AvgIpc) is 2.54. The highest BCUT2D eigenvalue weighted by molar-refractivity contribution is 5.83. The van der Waals surface area contributed by atoms with Gasteiger partial charge in [-0.15, -0.1) is 0 Å². The predicted molar refractivity (Wildman–Crippen MR) is 87.6 cm³/mol. The number of hydrogen-bond acceptors (Lipinski definition) is 3. The molecule has 0 saturated carbocycles. The molecule has 1 heterocycles. The molecule has 0 radical (unpaired) electrons. The summed E-state index contributed by atoms with van der Waals surface area (Å²) in [6, 6.07) is 5.27. The normalized spacial score (nSPS) is 17.8. The van der Waals surface area contributed by atoms with Gasteiger partial charge in [0, 0.05) is 13.0 Å². The number of benzene rings is 1. The summed E-state index contributed by atoms with van der Waals surface area (Å²) in [4.78, 5) is 25.0. The summed E-state index contributed by atoms with van der Waals surface area (Å²) in [5, 5.41) is 9.21. The van der Waals surface area contributed by atoms with Gasteiger partial charge in [-0.1, -0.05) is 6.07 Å². The van der Waals surface area contributed by atoms with Gasteiger partial charge in [0.1, 0.15) is 11.8 Å². The molecule has 1 aliphatic rings. The lowest BCUT2D eigenvalue weighted by atomic mass is 10.0. The number of amides is 1. The zero-order chi connectivity index (χ0) is 16.8. The Balaban J connectivity index is 1.77. The SMILES string of the molecule is Cc1ccc(OCCCC(=O)N2CCCC[C@@H]2C(=O)O)cc1C. The monoisotopic (exact) mass is 319 g/mol. The van der Waals surface area contributed by atoms with Crippen LogP contribution in [0.3, 0.4) is 0 Å². The summed E-state index contributed by atoms with van der Waals surface area (Å²) in [6.07, 6.45) is 3.23. The molecule has 1 aromatic carbocycles. The van der Waals surface area contributed by atoms with Crippen LogP contribution >= 0.6 is 0 Å². The minimum atomic E-state index is -0.899. The number of likely N-dealkylation sites (tertiary alicyclic amines) is 1. The molecule has 1 aliphatic heterocycles. The van der Waals surface area contributed by atoms with Crippen molar-refractivity contribution in [3.05, 3.63) is 29.3 Å². The number of carbonyl (C=O) groups excluding carboxylic acids is 1. The number of carboxylic acids is 1. The first-order valence-electron chi connectivity index (χ1n) is 8.21. The average molecular weight is 319 g/mol. The van der Waals surface area contributed by atoms with E-state index in [4.69, 9.17) is 4.74 Å². The topological polar surface area (TPSA) is 66.8 Å². The van der Waals surface area contributed by atoms with E-state index >= 15 is 0 Å². The highest BCUT2D eigenvalue weighted by Crippen LogP contribution is 2.19. The standard InChI is InChI=1S/C18H25NO4/c1-13-8-9-15(12-14(13)2)23-11-5-7-17(20)19-10-4-3-6-16(19)18(21)22/h8-9,12,16H,3-7,10-11H2,1-2H3,(H,21,22)/t16-/m1/s1. The smallest absolute Gasteiger partial charge is 0.326 e. The number of ether oxygens (including phenoxy) is 1. The zero-order valence-electron chi connectivity index (χ0n) is 13.9. The summed E-state index contributed by atoms with van der Waals surface area (Å²) in [5.41, 5.74) is 2.40. The summed E-state index contributed by atoms with van der Waals surface area (Å²) in [5.74, 6) is -0.174. The van der Waals surface area contributed by atoms with Gasteiger partial charge in [-0.3, -0.25) is 4.79 Å². The van der Waals surface area contributed by atoms with Crippen LogP contribution in [-0.2, 0) is 9.59 Å². The molecule has 0 bridgehead atoms. The van der Waals surface area contributed by atoms with E-state index in [9.17, 15) is 14.7 Å². The molecule has 0 aliphatic carbocycles. The van der Waals surface area contributed by atoms with Crippen LogP contribution < -0.4 is 4.74 Å². The fourth-order valence-electron chi connectivity index (χ4n) is 2.85. The number of carboxylic acid groups (broad SMARTS) is 1. The van der Waals surface area contributed by atoms with Gasteiger partial charge in [0.15, 0.2) is 0 Å². The Labute approximate surface area is 137 Å². The van der Waals surface area contributed by atoms with Crippen molar-refractivity contribution in [2.45, 2.75) is 52.0 Å². The van der Waals surface area contributed by atoms with Crippen LogP contribution in [0.25, 0.3) is 0 Å². The van der Waals surface area contributed by atoms with Gasteiger partial charge >= 0.3 is 5.97 Å². The van der Waals surface area contributed by atoms with Crippen molar-refractivity contribution in [1.29, 1.82) is 0 Å². The number of aliphatic carboxylic acids is 1. The van der Waals surface area contributed by atoms with E-state index in [1.165, 1.54) is 16.0 Å². The summed E-state index contributed by atoms with van der Waals surface area (Å²) < 4.78 is 5.67. The molecule has 1 atom stereocenters. The number of rotatable bonds is 6. The second-order valence-corrected chi connectivity index (χ2v) is 6.14. The van der Waals surface area contributed by atoms with Crippen molar-refractivity contribution in [2.75, 3.05) is 13.2 Å². The number of hydrogen-bond donors (Lipinski definition) is 1. The maximum absolute atomic E-state index is 12.2. The molecule has 5 nitrogen and oxygen atoms in total. The fraction of sp³-hybridized carbons (Fsp3) is 0.556. The molecule has 5 heteroatoms. The number of carbonyl (C=O) groups is 2. The van der Waals surface area contributed by atoms with Gasteiger partial charge in [0.25, 0.3) is 0 Å². The van der Waals surface area contributed by atoms with Crippen LogP contribution in [0, 0.1) is 13.8 Å². The van der Waals surface area contributed by atoms with E-state index in [0.717, 1.165) is 18.6 Å². The Kier molecular flexibility index (Phi) is 6.02. The lowest BCUT2D eigenvalue weighted by molar-refractivity contribution is -0.152.